The van der Waals surface area contributed by atoms with E-state index in [1.54, 1.807) is 31.0 Å². The van der Waals surface area contributed by atoms with E-state index in [0.29, 0.717) is 5.56 Å². The lowest BCUT2D eigenvalue weighted by atomic mass is 9.95. The summed E-state index contributed by atoms with van der Waals surface area (Å²) in [6.07, 6.45) is 3.24. The van der Waals surface area contributed by atoms with Crippen molar-refractivity contribution in [3.63, 3.8) is 0 Å². The highest BCUT2D eigenvalue weighted by atomic mass is 35.5. The Morgan fingerprint density at radius 3 is 2.78 bits per heavy atom. The number of hydrogen-bond donors (Lipinski definition) is 1. The van der Waals surface area contributed by atoms with E-state index in [4.69, 9.17) is 11.6 Å². The SMILES string of the molecule is C=C(Cl)CN1C(=O)N[C@](C)(c2cnn(C)c2)C1=O. The van der Waals surface area contributed by atoms with Crippen LogP contribution in [0.1, 0.15) is 12.5 Å². The topological polar surface area (TPSA) is 67.2 Å². The van der Waals surface area contributed by atoms with E-state index in [2.05, 4.69) is 17.0 Å². The van der Waals surface area contributed by atoms with E-state index in [9.17, 15) is 9.59 Å². The second-order valence-corrected chi connectivity index (χ2v) is 4.90. The largest absolute Gasteiger partial charge is 0.325 e. The predicted octanol–water partition coefficient (Wildman–Crippen LogP) is 0.940. The van der Waals surface area contributed by atoms with Gasteiger partial charge in [-0.25, -0.2) is 4.79 Å². The third-order valence-corrected chi connectivity index (χ3v) is 3.01. The molecule has 96 valence electrons. The van der Waals surface area contributed by atoms with Gasteiger partial charge in [0.1, 0.15) is 5.54 Å². The molecule has 0 bridgehead atoms. The average Bonchev–Trinajstić information content (AvgIpc) is 2.78. The average molecular weight is 269 g/mol. The fourth-order valence-electron chi connectivity index (χ4n) is 1.89. The summed E-state index contributed by atoms with van der Waals surface area (Å²) < 4.78 is 1.57. The Labute approximate surface area is 109 Å². The Kier molecular flexibility index (Phi) is 2.90. The maximum atomic E-state index is 12.3. The Balaban J connectivity index is 2.34. The molecule has 0 aliphatic carbocycles. The van der Waals surface area contributed by atoms with Crippen molar-refractivity contribution in [1.82, 2.24) is 20.0 Å². The molecule has 0 aromatic carbocycles. The summed E-state index contributed by atoms with van der Waals surface area (Å²) in [7, 11) is 1.74. The molecule has 1 atom stereocenters. The molecular formula is C11H13ClN4O2. The summed E-state index contributed by atoms with van der Waals surface area (Å²) in [5, 5.41) is 6.88. The van der Waals surface area contributed by atoms with Crippen molar-refractivity contribution in [2.75, 3.05) is 6.54 Å². The minimum Gasteiger partial charge on any atom is -0.319 e. The third kappa shape index (κ3) is 1.88. The fraction of sp³-hybridized carbons (Fsp3) is 0.364. The first-order valence-electron chi connectivity index (χ1n) is 5.31. The Morgan fingerprint density at radius 2 is 2.28 bits per heavy atom. The van der Waals surface area contributed by atoms with Crippen LogP contribution >= 0.6 is 11.6 Å². The number of nitrogens with zero attached hydrogens (tertiary/aromatic N) is 3. The number of nitrogens with one attached hydrogen (secondary N) is 1. The first kappa shape index (κ1) is 12.6. The molecule has 0 radical (unpaired) electrons. The van der Waals surface area contributed by atoms with Crippen LogP contribution < -0.4 is 5.32 Å². The maximum Gasteiger partial charge on any atom is 0.325 e. The molecule has 0 unspecified atom stereocenters. The van der Waals surface area contributed by atoms with Gasteiger partial charge in [0.15, 0.2) is 0 Å². The lowest BCUT2D eigenvalue weighted by Crippen LogP contribution is -2.40. The molecule has 6 nitrogen and oxygen atoms in total. The van der Waals surface area contributed by atoms with Crippen LogP contribution in [0.5, 0.6) is 0 Å². The quantitative estimate of drug-likeness (QED) is 0.830. The van der Waals surface area contributed by atoms with Gasteiger partial charge in [0.2, 0.25) is 0 Å². The summed E-state index contributed by atoms with van der Waals surface area (Å²) in [6, 6.07) is -0.479. The zero-order valence-electron chi connectivity index (χ0n) is 10.1. The van der Waals surface area contributed by atoms with Gasteiger partial charge in [-0.1, -0.05) is 18.2 Å². The van der Waals surface area contributed by atoms with Crippen molar-refractivity contribution in [2.45, 2.75) is 12.5 Å². The Hall–Kier alpha value is -1.82. The monoisotopic (exact) mass is 268 g/mol. The summed E-state index contributed by atoms with van der Waals surface area (Å²) in [5.41, 5.74) is -0.469. The second-order valence-electron chi connectivity index (χ2n) is 4.37. The van der Waals surface area contributed by atoms with E-state index in [-0.39, 0.29) is 17.5 Å². The van der Waals surface area contributed by atoms with E-state index >= 15 is 0 Å². The molecule has 1 saturated heterocycles. The van der Waals surface area contributed by atoms with Gasteiger partial charge < -0.3 is 5.32 Å². The van der Waals surface area contributed by atoms with Crippen molar-refractivity contribution < 1.29 is 9.59 Å². The lowest BCUT2D eigenvalue weighted by Gasteiger charge is -2.19. The number of halogens is 1. The van der Waals surface area contributed by atoms with Crippen LogP contribution in [0.3, 0.4) is 0 Å². The number of carbonyl (C=O) groups is 2. The van der Waals surface area contributed by atoms with Crippen LogP contribution in [0.4, 0.5) is 4.79 Å². The molecule has 18 heavy (non-hydrogen) atoms. The maximum absolute atomic E-state index is 12.3. The van der Waals surface area contributed by atoms with E-state index < -0.39 is 11.6 Å². The van der Waals surface area contributed by atoms with Crippen molar-refractivity contribution >= 4 is 23.5 Å². The third-order valence-electron chi connectivity index (χ3n) is 2.89. The summed E-state index contributed by atoms with van der Waals surface area (Å²) in [5.74, 6) is -0.359. The summed E-state index contributed by atoms with van der Waals surface area (Å²) in [4.78, 5) is 25.1. The molecule has 1 N–H and O–H groups in total. The molecule has 7 heteroatoms. The first-order valence-corrected chi connectivity index (χ1v) is 5.69. The van der Waals surface area contributed by atoms with Crippen molar-refractivity contribution in [3.8, 4) is 0 Å². The van der Waals surface area contributed by atoms with Gasteiger partial charge in [0, 0.05) is 23.8 Å². The van der Waals surface area contributed by atoms with E-state index in [1.165, 1.54) is 0 Å². The van der Waals surface area contributed by atoms with Crippen molar-refractivity contribution in [3.05, 3.63) is 29.6 Å². The molecule has 1 aromatic heterocycles. The molecule has 3 amide bonds. The van der Waals surface area contributed by atoms with Gasteiger partial charge in [-0.3, -0.25) is 14.4 Å². The number of hydrogen-bond acceptors (Lipinski definition) is 3. The summed E-state index contributed by atoms with van der Waals surface area (Å²) >= 11 is 5.65. The number of rotatable bonds is 3. The lowest BCUT2D eigenvalue weighted by molar-refractivity contribution is -0.130. The number of urea groups is 1. The Morgan fingerprint density at radius 1 is 1.61 bits per heavy atom. The molecular weight excluding hydrogens is 256 g/mol. The van der Waals surface area contributed by atoms with Crippen LogP contribution in [0.2, 0.25) is 0 Å². The molecule has 1 fully saturated rings. The van der Waals surface area contributed by atoms with Gasteiger partial charge in [-0.05, 0) is 6.92 Å². The number of carbonyl (C=O) groups excluding carboxylic acids is 2. The van der Waals surface area contributed by atoms with Crippen molar-refractivity contribution in [2.24, 2.45) is 7.05 Å². The fourth-order valence-corrected chi connectivity index (χ4v) is 2.01. The van der Waals surface area contributed by atoms with E-state index in [1.807, 2.05) is 0 Å². The highest BCUT2D eigenvalue weighted by Crippen LogP contribution is 2.28. The van der Waals surface area contributed by atoms with Crippen LogP contribution in [0.15, 0.2) is 24.0 Å². The molecule has 1 aromatic rings. The predicted molar refractivity (Wildman–Crippen MR) is 65.8 cm³/mol. The molecule has 0 saturated carbocycles. The normalized spacial score (nSPS) is 23.4. The van der Waals surface area contributed by atoms with Gasteiger partial charge in [0.05, 0.1) is 12.7 Å². The van der Waals surface area contributed by atoms with Gasteiger partial charge in [0.25, 0.3) is 5.91 Å². The highest BCUT2D eigenvalue weighted by Gasteiger charge is 2.49. The number of imide groups is 1. The van der Waals surface area contributed by atoms with Crippen LogP contribution in [0.25, 0.3) is 0 Å². The smallest absolute Gasteiger partial charge is 0.319 e. The van der Waals surface area contributed by atoms with Crippen LogP contribution in [0, 0.1) is 0 Å². The zero-order chi connectivity index (χ0) is 13.5. The standard InChI is InChI=1S/C11H13ClN4O2/c1-7(12)5-16-9(17)11(2,14-10(16)18)8-4-13-15(3)6-8/h4,6H,1,5H2,2-3H3,(H,14,18)/t11-/m1/s1. The molecule has 2 rings (SSSR count). The molecule has 1 aliphatic heterocycles. The minimum atomic E-state index is -1.10. The van der Waals surface area contributed by atoms with Crippen LogP contribution in [-0.2, 0) is 17.4 Å². The van der Waals surface area contributed by atoms with Gasteiger partial charge in [-0.2, -0.15) is 5.10 Å². The number of aromatic nitrogens is 2. The molecule has 1 aliphatic rings. The Bertz CT molecular complexity index is 539. The van der Waals surface area contributed by atoms with Gasteiger partial charge >= 0.3 is 6.03 Å². The van der Waals surface area contributed by atoms with Crippen LogP contribution in [-0.4, -0.2) is 33.2 Å². The van der Waals surface area contributed by atoms with Gasteiger partial charge in [-0.15, -0.1) is 0 Å². The minimum absolute atomic E-state index is 0.00206. The first-order chi connectivity index (χ1) is 8.34. The highest BCUT2D eigenvalue weighted by molar-refractivity contribution is 6.30. The zero-order valence-corrected chi connectivity index (χ0v) is 10.9. The van der Waals surface area contributed by atoms with Crippen molar-refractivity contribution in [1.29, 1.82) is 0 Å². The number of aryl methyl sites for hydroxylation is 1. The molecule has 2 heterocycles. The number of amides is 3. The molecule has 0 spiro atoms. The second kappa shape index (κ2) is 4.13. The van der Waals surface area contributed by atoms with E-state index in [0.717, 1.165) is 4.90 Å². The summed E-state index contributed by atoms with van der Waals surface area (Å²) in [6.45, 7) is 5.13.